The van der Waals surface area contributed by atoms with Gasteiger partial charge in [0.15, 0.2) is 0 Å². The van der Waals surface area contributed by atoms with Gasteiger partial charge in [0.1, 0.15) is 11.6 Å². The van der Waals surface area contributed by atoms with Gasteiger partial charge in [-0.2, -0.15) is 18.4 Å². The minimum absolute atomic E-state index is 0.0861. The lowest BCUT2D eigenvalue weighted by Crippen LogP contribution is -2.21. The third-order valence-corrected chi connectivity index (χ3v) is 2.95. The smallest absolute Gasteiger partial charge is 0.323 e. The summed E-state index contributed by atoms with van der Waals surface area (Å²) >= 11 is 5.64. The SMILES string of the molecule is N#Cc1c(C(F)(F)F)c(Cl)c(C2CC2)[nH]c1=O. The fourth-order valence-electron chi connectivity index (χ4n) is 1.62. The second kappa shape index (κ2) is 3.77. The van der Waals surface area contributed by atoms with Gasteiger partial charge in [-0.15, -0.1) is 0 Å². The number of H-pyrrole nitrogens is 1. The maximum Gasteiger partial charge on any atom is 0.419 e. The van der Waals surface area contributed by atoms with Crippen LogP contribution in [0.3, 0.4) is 0 Å². The van der Waals surface area contributed by atoms with Crippen molar-refractivity contribution in [2.24, 2.45) is 0 Å². The first-order valence-corrected chi connectivity index (χ1v) is 5.17. The molecule has 0 bridgehead atoms. The van der Waals surface area contributed by atoms with Crippen LogP contribution in [0.2, 0.25) is 5.02 Å². The van der Waals surface area contributed by atoms with Gasteiger partial charge in [-0.05, 0) is 12.8 Å². The van der Waals surface area contributed by atoms with E-state index in [9.17, 15) is 18.0 Å². The van der Waals surface area contributed by atoms with Crippen LogP contribution in [0.1, 0.15) is 35.6 Å². The van der Waals surface area contributed by atoms with Crippen molar-refractivity contribution < 1.29 is 13.2 Å². The lowest BCUT2D eigenvalue weighted by molar-refractivity contribution is -0.137. The van der Waals surface area contributed by atoms with Crippen molar-refractivity contribution in [2.45, 2.75) is 24.9 Å². The summed E-state index contributed by atoms with van der Waals surface area (Å²) in [5, 5.41) is 8.04. The summed E-state index contributed by atoms with van der Waals surface area (Å²) < 4.78 is 38.3. The van der Waals surface area contributed by atoms with E-state index in [1.807, 2.05) is 0 Å². The third kappa shape index (κ3) is 2.03. The zero-order valence-electron chi connectivity index (χ0n) is 8.36. The molecule has 0 aliphatic heterocycles. The van der Waals surface area contributed by atoms with E-state index in [-0.39, 0.29) is 11.6 Å². The van der Waals surface area contributed by atoms with E-state index >= 15 is 0 Å². The van der Waals surface area contributed by atoms with Crippen molar-refractivity contribution in [1.29, 1.82) is 5.26 Å². The molecule has 90 valence electrons. The number of aromatic nitrogens is 1. The highest BCUT2D eigenvalue weighted by atomic mass is 35.5. The van der Waals surface area contributed by atoms with Gasteiger partial charge in [-0.25, -0.2) is 0 Å². The molecule has 1 N–H and O–H groups in total. The lowest BCUT2D eigenvalue weighted by atomic mass is 10.1. The predicted molar refractivity (Wildman–Crippen MR) is 53.8 cm³/mol. The van der Waals surface area contributed by atoms with E-state index in [4.69, 9.17) is 16.9 Å². The molecule has 0 spiro atoms. The van der Waals surface area contributed by atoms with Gasteiger partial charge in [-0.3, -0.25) is 4.79 Å². The van der Waals surface area contributed by atoms with Crippen molar-refractivity contribution >= 4 is 11.6 Å². The minimum atomic E-state index is -4.81. The van der Waals surface area contributed by atoms with Gasteiger partial charge in [-0.1, -0.05) is 11.6 Å². The molecule has 17 heavy (non-hydrogen) atoms. The number of pyridine rings is 1. The van der Waals surface area contributed by atoms with Crippen molar-refractivity contribution in [3.8, 4) is 6.07 Å². The van der Waals surface area contributed by atoms with Gasteiger partial charge in [0.2, 0.25) is 0 Å². The predicted octanol–water partition coefficient (Wildman–Crippen LogP) is 2.80. The molecule has 7 heteroatoms. The fourth-order valence-corrected chi connectivity index (χ4v) is 2.03. The molecule has 0 unspecified atom stereocenters. The maximum atomic E-state index is 12.8. The number of nitrogens with zero attached hydrogens (tertiary/aromatic N) is 1. The van der Waals surface area contributed by atoms with Crippen LogP contribution in [0.15, 0.2) is 4.79 Å². The minimum Gasteiger partial charge on any atom is -0.323 e. The molecular formula is C10H6ClF3N2O. The molecule has 1 aromatic rings. The zero-order valence-corrected chi connectivity index (χ0v) is 9.11. The number of alkyl halides is 3. The number of rotatable bonds is 1. The molecule has 1 aromatic heterocycles. The first kappa shape index (κ1) is 12.0. The third-order valence-electron chi connectivity index (χ3n) is 2.56. The summed E-state index contributed by atoms with van der Waals surface area (Å²) in [6.07, 6.45) is -3.42. The molecule has 3 nitrogen and oxygen atoms in total. The van der Waals surface area contributed by atoms with Crippen LogP contribution in [0.4, 0.5) is 13.2 Å². The molecule has 0 atom stereocenters. The first-order valence-electron chi connectivity index (χ1n) is 4.79. The average molecular weight is 263 g/mol. The van der Waals surface area contributed by atoms with E-state index in [1.165, 1.54) is 6.07 Å². The normalized spacial score (nSPS) is 15.7. The quantitative estimate of drug-likeness (QED) is 0.846. The Morgan fingerprint density at radius 2 is 2.00 bits per heavy atom. The second-order valence-corrected chi connectivity index (χ2v) is 4.19. The number of nitrogens with one attached hydrogen (secondary N) is 1. The Morgan fingerprint density at radius 3 is 2.41 bits per heavy atom. The summed E-state index contributed by atoms with van der Waals surface area (Å²) in [5.41, 5.74) is -3.26. The molecule has 2 rings (SSSR count). The van der Waals surface area contributed by atoms with Crippen LogP contribution in [-0.2, 0) is 6.18 Å². The second-order valence-electron chi connectivity index (χ2n) is 3.82. The Labute approximate surface area is 98.8 Å². The Bertz CT molecular complexity index is 567. The number of halogens is 4. The zero-order chi connectivity index (χ0) is 12.8. The van der Waals surface area contributed by atoms with Gasteiger partial charge in [0, 0.05) is 11.6 Å². The van der Waals surface area contributed by atoms with E-state index in [2.05, 4.69) is 4.98 Å². The summed E-state index contributed by atoms with van der Waals surface area (Å²) in [6.45, 7) is 0. The Morgan fingerprint density at radius 1 is 1.41 bits per heavy atom. The van der Waals surface area contributed by atoms with E-state index in [0.29, 0.717) is 12.8 Å². The molecule has 1 heterocycles. The Hall–Kier alpha value is -1.48. The van der Waals surface area contributed by atoms with Crippen LogP contribution in [-0.4, -0.2) is 4.98 Å². The molecule has 0 radical (unpaired) electrons. The topological polar surface area (TPSA) is 56.6 Å². The van der Waals surface area contributed by atoms with Crippen LogP contribution in [0, 0.1) is 11.3 Å². The van der Waals surface area contributed by atoms with E-state index < -0.39 is 27.9 Å². The van der Waals surface area contributed by atoms with Crippen molar-refractivity contribution in [3.05, 3.63) is 32.2 Å². The van der Waals surface area contributed by atoms with Gasteiger partial charge >= 0.3 is 6.18 Å². The molecule has 1 fully saturated rings. The number of hydrogen-bond acceptors (Lipinski definition) is 2. The molecule has 0 amide bonds. The van der Waals surface area contributed by atoms with Crippen LogP contribution >= 0.6 is 11.6 Å². The fraction of sp³-hybridized carbons (Fsp3) is 0.400. The van der Waals surface area contributed by atoms with Gasteiger partial charge in [0.05, 0.1) is 10.6 Å². The summed E-state index contributed by atoms with van der Waals surface area (Å²) in [5.74, 6) is -0.135. The van der Waals surface area contributed by atoms with Crippen molar-refractivity contribution in [3.63, 3.8) is 0 Å². The van der Waals surface area contributed by atoms with Crippen molar-refractivity contribution in [1.82, 2.24) is 4.98 Å². The van der Waals surface area contributed by atoms with E-state index in [0.717, 1.165) is 0 Å². The highest BCUT2D eigenvalue weighted by Crippen LogP contribution is 2.45. The number of aromatic amines is 1. The van der Waals surface area contributed by atoms with Gasteiger partial charge < -0.3 is 4.98 Å². The molecule has 0 aromatic carbocycles. The number of nitriles is 1. The molecule has 1 aliphatic rings. The molecule has 0 saturated heterocycles. The Balaban J connectivity index is 2.77. The molecule has 1 aliphatic carbocycles. The molecular weight excluding hydrogens is 257 g/mol. The maximum absolute atomic E-state index is 12.8. The first-order chi connectivity index (χ1) is 7.86. The number of hydrogen-bond donors (Lipinski definition) is 1. The summed E-state index contributed by atoms with van der Waals surface area (Å²) in [7, 11) is 0. The highest BCUT2D eigenvalue weighted by molar-refractivity contribution is 6.32. The van der Waals surface area contributed by atoms with E-state index in [1.54, 1.807) is 0 Å². The van der Waals surface area contributed by atoms with Crippen LogP contribution < -0.4 is 5.56 Å². The average Bonchev–Trinajstić information content (AvgIpc) is 3.01. The highest BCUT2D eigenvalue weighted by Gasteiger charge is 2.41. The van der Waals surface area contributed by atoms with Gasteiger partial charge in [0.25, 0.3) is 5.56 Å². The molecule has 1 saturated carbocycles. The van der Waals surface area contributed by atoms with Crippen LogP contribution in [0.5, 0.6) is 0 Å². The van der Waals surface area contributed by atoms with Crippen molar-refractivity contribution in [2.75, 3.05) is 0 Å². The van der Waals surface area contributed by atoms with Crippen LogP contribution in [0.25, 0.3) is 0 Å². The largest absolute Gasteiger partial charge is 0.419 e. The summed E-state index contributed by atoms with van der Waals surface area (Å²) in [6, 6.07) is 1.25. The summed E-state index contributed by atoms with van der Waals surface area (Å²) in [4.78, 5) is 13.6. The lowest BCUT2D eigenvalue weighted by Gasteiger charge is -2.13. The standard InChI is InChI=1S/C10H6ClF3N2O/c11-7-6(10(12,13)14)5(3-15)9(17)16-8(7)4-1-2-4/h4H,1-2H2,(H,16,17). The Kier molecular flexibility index (Phi) is 2.66. The monoisotopic (exact) mass is 262 g/mol.